The molecule has 0 spiro atoms. The van der Waals surface area contributed by atoms with E-state index in [-0.39, 0.29) is 11.3 Å². The summed E-state index contributed by atoms with van der Waals surface area (Å²) in [6.07, 6.45) is 1.66. The van der Waals surface area contributed by atoms with Gasteiger partial charge in [-0.2, -0.15) is 5.26 Å². The van der Waals surface area contributed by atoms with Crippen molar-refractivity contribution >= 4 is 12.6 Å². The van der Waals surface area contributed by atoms with E-state index in [4.69, 9.17) is 10.00 Å². The number of thiol groups is 1. The van der Waals surface area contributed by atoms with E-state index in [1.807, 2.05) is 19.9 Å². The molecule has 0 unspecified atom stereocenters. The Kier molecular flexibility index (Phi) is 4.94. The highest BCUT2D eigenvalue weighted by atomic mass is 32.1. The first-order valence-corrected chi connectivity index (χ1v) is 8.55. The molecular weight excluding hydrogens is 368 g/mol. The van der Waals surface area contributed by atoms with Crippen molar-refractivity contribution in [2.24, 2.45) is 0 Å². The molecule has 4 nitrogen and oxygen atoms in total. The van der Waals surface area contributed by atoms with Crippen LogP contribution in [-0.4, -0.2) is 16.7 Å². The van der Waals surface area contributed by atoms with Crippen molar-refractivity contribution in [1.82, 2.24) is 9.55 Å². The van der Waals surface area contributed by atoms with Crippen LogP contribution in [0.15, 0.2) is 47.8 Å². The van der Waals surface area contributed by atoms with Crippen LogP contribution in [-0.2, 0) is 5.41 Å². The number of methoxy groups -OCH3 is 1. The van der Waals surface area contributed by atoms with Gasteiger partial charge in [0.05, 0.1) is 30.3 Å². The molecule has 1 heterocycles. The van der Waals surface area contributed by atoms with Crippen molar-refractivity contribution in [3.63, 3.8) is 0 Å². The van der Waals surface area contributed by atoms with Gasteiger partial charge in [0.1, 0.15) is 11.9 Å². The maximum atomic E-state index is 13.8. The van der Waals surface area contributed by atoms with E-state index in [2.05, 4.69) is 17.6 Å². The lowest BCUT2D eigenvalue weighted by Gasteiger charge is -2.27. The molecule has 0 fully saturated rings. The molecule has 0 aliphatic heterocycles. The Hall–Kier alpha value is -2.85. The van der Waals surface area contributed by atoms with Gasteiger partial charge in [0.15, 0.2) is 16.7 Å². The van der Waals surface area contributed by atoms with Gasteiger partial charge < -0.3 is 4.74 Å². The van der Waals surface area contributed by atoms with Gasteiger partial charge in [-0.15, -0.1) is 12.6 Å². The third kappa shape index (κ3) is 3.28. The Morgan fingerprint density at radius 3 is 2.52 bits per heavy atom. The molecule has 3 aromatic rings. The Morgan fingerprint density at radius 1 is 1.15 bits per heavy atom. The minimum atomic E-state index is -0.630. The Balaban J connectivity index is 2.18. The smallest absolute Gasteiger partial charge is 0.169 e. The average molecular weight is 385 g/mol. The third-order valence-electron chi connectivity index (χ3n) is 4.58. The minimum absolute atomic E-state index is 0.0267. The van der Waals surface area contributed by atoms with Crippen LogP contribution in [0.2, 0.25) is 0 Å². The second-order valence-corrected chi connectivity index (χ2v) is 6.93. The van der Waals surface area contributed by atoms with Crippen LogP contribution in [0.3, 0.4) is 0 Å². The molecule has 0 amide bonds. The monoisotopic (exact) mass is 385 g/mol. The van der Waals surface area contributed by atoms with Crippen molar-refractivity contribution in [2.75, 3.05) is 7.11 Å². The van der Waals surface area contributed by atoms with Crippen LogP contribution in [0.4, 0.5) is 8.78 Å². The van der Waals surface area contributed by atoms with E-state index in [1.165, 1.54) is 25.3 Å². The zero-order chi connectivity index (χ0) is 19.8. The molecule has 0 aliphatic rings. The highest BCUT2D eigenvalue weighted by Gasteiger charge is 2.29. The summed E-state index contributed by atoms with van der Waals surface area (Å²) in [5.74, 6) is -0.935. The van der Waals surface area contributed by atoms with E-state index in [9.17, 15) is 8.78 Å². The second-order valence-electron chi connectivity index (χ2n) is 6.53. The molecule has 0 bridgehead atoms. The topological polar surface area (TPSA) is 50.8 Å². The fraction of sp³-hybridized carbons (Fsp3) is 0.200. The van der Waals surface area contributed by atoms with Crippen molar-refractivity contribution in [3.05, 3.63) is 71.1 Å². The molecule has 0 saturated heterocycles. The number of aromatic nitrogens is 2. The number of nitriles is 1. The van der Waals surface area contributed by atoms with Gasteiger partial charge in [-0.05, 0) is 29.8 Å². The number of hydrogen-bond acceptors (Lipinski definition) is 4. The zero-order valence-corrected chi connectivity index (χ0v) is 15.9. The molecule has 3 rings (SSSR count). The van der Waals surface area contributed by atoms with Crippen LogP contribution < -0.4 is 4.74 Å². The normalized spacial score (nSPS) is 11.3. The summed E-state index contributed by atoms with van der Waals surface area (Å²) < 4.78 is 34.4. The lowest BCUT2D eigenvalue weighted by atomic mass is 9.81. The fourth-order valence-electron chi connectivity index (χ4n) is 2.97. The molecule has 1 aromatic heterocycles. The molecule has 138 valence electrons. The average Bonchev–Trinajstić information content (AvgIpc) is 3.04. The molecule has 2 aromatic carbocycles. The van der Waals surface area contributed by atoms with Gasteiger partial charge in [-0.3, -0.25) is 4.57 Å². The molecule has 0 saturated carbocycles. The number of ether oxygens (including phenoxy) is 1. The van der Waals surface area contributed by atoms with Gasteiger partial charge >= 0.3 is 0 Å². The van der Waals surface area contributed by atoms with Crippen molar-refractivity contribution in [2.45, 2.75) is 24.4 Å². The molecule has 0 N–H and O–H groups in total. The first-order valence-electron chi connectivity index (χ1n) is 8.10. The van der Waals surface area contributed by atoms with Gasteiger partial charge in [-0.25, -0.2) is 13.8 Å². The van der Waals surface area contributed by atoms with Crippen LogP contribution in [0.5, 0.6) is 5.75 Å². The second kappa shape index (κ2) is 7.05. The Bertz CT molecular complexity index is 1050. The predicted molar refractivity (Wildman–Crippen MR) is 101 cm³/mol. The van der Waals surface area contributed by atoms with Gasteiger partial charge in [0.2, 0.25) is 0 Å². The first kappa shape index (κ1) is 18.9. The van der Waals surface area contributed by atoms with Crippen molar-refractivity contribution < 1.29 is 13.5 Å². The summed E-state index contributed by atoms with van der Waals surface area (Å²) >= 11 is 4.42. The van der Waals surface area contributed by atoms with Crippen molar-refractivity contribution in [3.8, 4) is 17.5 Å². The summed E-state index contributed by atoms with van der Waals surface area (Å²) in [5, 5.41) is 9.54. The highest BCUT2D eigenvalue weighted by Crippen LogP contribution is 2.36. The van der Waals surface area contributed by atoms with Crippen LogP contribution >= 0.6 is 12.6 Å². The maximum absolute atomic E-state index is 13.8. The number of hydrogen-bond donors (Lipinski definition) is 1. The van der Waals surface area contributed by atoms with E-state index < -0.39 is 17.0 Å². The molecule has 27 heavy (non-hydrogen) atoms. The summed E-state index contributed by atoms with van der Waals surface area (Å²) in [7, 11) is 1.39. The summed E-state index contributed by atoms with van der Waals surface area (Å²) in [6.45, 7) is 3.87. The van der Waals surface area contributed by atoms with Gasteiger partial charge in [0, 0.05) is 11.5 Å². The molecule has 0 radical (unpaired) electrons. The van der Waals surface area contributed by atoms with Crippen LogP contribution in [0, 0.1) is 23.0 Å². The van der Waals surface area contributed by atoms with E-state index in [0.717, 1.165) is 11.3 Å². The summed E-state index contributed by atoms with van der Waals surface area (Å²) in [6, 6.07) is 10.8. The summed E-state index contributed by atoms with van der Waals surface area (Å²) in [4.78, 5) is 4.28. The predicted octanol–water partition coefficient (Wildman–Crippen LogP) is 4.65. The van der Waals surface area contributed by atoms with Crippen LogP contribution in [0.25, 0.3) is 5.69 Å². The quantitative estimate of drug-likeness (QED) is 0.666. The molecule has 7 heteroatoms. The first-order chi connectivity index (χ1) is 12.8. The summed E-state index contributed by atoms with van der Waals surface area (Å²) in [5.41, 5.74) is 1.46. The minimum Gasteiger partial charge on any atom is -0.494 e. The van der Waals surface area contributed by atoms with Crippen LogP contribution in [0.1, 0.15) is 30.7 Å². The standard InChI is InChI=1S/C20H17F2N3OS/c1-20(2,13-4-6-15(21)12(8-13)10-23)18-11-24-19(27)25(18)14-5-7-16(22)17(9-14)26-3/h4-9,11H,1-3H3,(H,24,27). The maximum Gasteiger partial charge on any atom is 0.169 e. The van der Waals surface area contributed by atoms with E-state index >= 15 is 0 Å². The van der Waals surface area contributed by atoms with E-state index in [0.29, 0.717) is 10.8 Å². The van der Waals surface area contributed by atoms with Gasteiger partial charge in [-0.1, -0.05) is 19.9 Å². The largest absolute Gasteiger partial charge is 0.494 e. The third-order valence-corrected chi connectivity index (χ3v) is 4.90. The SMILES string of the molecule is COc1cc(-n2c(C(C)(C)c3ccc(F)c(C#N)c3)cnc2S)ccc1F. The Labute approximate surface area is 161 Å². The number of halogens is 2. The lowest BCUT2D eigenvalue weighted by molar-refractivity contribution is 0.386. The van der Waals surface area contributed by atoms with Crippen molar-refractivity contribution in [1.29, 1.82) is 5.26 Å². The molecular formula is C20H17F2N3OS. The number of imidazole rings is 1. The highest BCUT2D eigenvalue weighted by molar-refractivity contribution is 7.80. The van der Waals surface area contributed by atoms with E-state index in [1.54, 1.807) is 29.0 Å². The lowest BCUT2D eigenvalue weighted by Crippen LogP contribution is -2.23. The Morgan fingerprint density at radius 2 is 1.85 bits per heavy atom. The number of nitrogens with zero attached hydrogens (tertiary/aromatic N) is 3. The zero-order valence-electron chi connectivity index (χ0n) is 15.0. The molecule has 0 aliphatic carbocycles. The number of benzene rings is 2. The molecule has 0 atom stereocenters. The fourth-order valence-corrected chi connectivity index (χ4v) is 3.25. The van der Waals surface area contributed by atoms with Gasteiger partial charge in [0.25, 0.3) is 0 Å². The number of rotatable bonds is 4.